The van der Waals surface area contributed by atoms with E-state index in [9.17, 15) is 4.79 Å². The number of carbonyl (C=O) groups is 1. The summed E-state index contributed by atoms with van der Waals surface area (Å²) in [7, 11) is 1.75. The van der Waals surface area contributed by atoms with E-state index >= 15 is 0 Å². The van der Waals surface area contributed by atoms with Crippen molar-refractivity contribution in [1.29, 1.82) is 0 Å². The predicted molar refractivity (Wildman–Crippen MR) is 95.1 cm³/mol. The number of nitrogens with zero attached hydrogens (tertiary/aromatic N) is 3. The summed E-state index contributed by atoms with van der Waals surface area (Å²) in [4.78, 5) is 19.4. The van der Waals surface area contributed by atoms with Crippen LogP contribution in [0, 0.1) is 13.8 Å². The summed E-state index contributed by atoms with van der Waals surface area (Å²) < 4.78 is 17.1. The van der Waals surface area contributed by atoms with E-state index in [0.717, 1.165) is 38.0 Å². The number of methoxy groups -OCH3 is 1. The molecule has 7 heteroatoms. The van der Waals surface area contributed by atoms with Gasteiger partial charge in [0.25, 0.3) is 11.6 Å². The van der Waals surface area contributed by atoms with Gasteiger partial charge >= 0.3 is 0 Å². The number of hydrogen-bond acceptors (Lipinski definition) is 6. The van der Waals surface area contributed by atoms with Crippen molar-refractivity contribution in [2.45, 2.75) is 51.2 Å². The molecule has 0 saturated carbocycles. The summed E-state index contributed by atoms with van der Waals surface area (Å²) >= 11 is 0. The number of pyridine rings is 1. The van der Waals surface area contributed by atoms with Crippen LogP contribution in [-0.2, 0) is 9.47 Å². The molecule has 0 aliphatic carbocycles. The van der Waals surface area contributed by atoms with Crippen molar-refractivity contribution in [2.24, 2.45) is 0 Å². The van der Waals surface area contributed by atoms with E-state index in [1.54, 1.807) is 7.11 Å². The summed E-state index contributed by atoms with van der Waals surface area (Å²) in [5, 5.41) is 4.68. The average molecular weight is 359 g/mol. The van der Waals surface area contributed by atoms with Gasteiger partial charge in [0.1, 0.15) is 0 Å². The summed E-state index contributed by atoms with van der Waals surface area (Å²) in [5.74, 6) is 0.00595. The van der Waals surface area contributed by atoms with E-state index < -0.39 is 0 Å². The number of hydrogen-bond donors (Lipinski definition) is 0. The molecule has 26 heavy (non-hydrogen) atoms. The quantitative estimate of drug-likeness (QED) is 0.820. The van der Waals surface area contributed by atoms with Crippen molar-refractivity contribution in [3.8, 4) is 0 Å². The maximum absolute atomic E-state index is 13.2. The summed E-state index contributed by atoms with van der Waals surface area (Å²) in [6.45, 7) is 5.79. The molecule has 7 nitrogen and oxygen atoms in total. The minimum Gasteiger partial charge on any atom is -0.378 e. The zero-order chi connectivity index (χ0) is 18.3. The topological polar surface area (TPSA) is 77.7 Å². The lowest BCUT2D eigenvalue weighted by molar-refractivity contribution is -0.183. The Morgan fingerprint density at radius 3 is 2.85 bits per heavy atom. The number of rotatable bonds is 2. The number of piperidine rings is 1. The second-order valence-corrected chi connectivity index (χ2v) is 7.33. The van der Waals surface area contributed by atoms with Gasteiger partial charge in [-0.2, -0.15) is 0 Å². The molecule has 0 unspecified atom stereocenters. The number of aryl methyl sites for hydroxylation is 2. The SMILES string of the molecule is CO[C@H]1CCCOC12CCN(C(=O)c1cc(C)nc3onc(C)c13)CC2. The van der Waals surface area contributed by atoms with Gasteiger partial charge in [-0.1, -0.05) is 5.16 Å². The zero-order valence-electron chi connectivity index (χ0n) is 15.6. The Labute approximate surface area is 152 Å². The van der Waals surface area contributed by atoms with E-state index in [4.69, 9.17) is 14.0 Å². The van der Waals surface area contributed by atoms with E-state index in [-0.39, 0.29) is 17.6 Å². The molecule has 1 atom stereocenters. The van der Waals surface area contributed by atoms with Gasteiger partial charge in [0.05, 0.1) is 28.3 Å². The molecular weight excluding hydrogens is 334 g/mol. The van der Waals surface area contributed by atoms with Crippen LogP contribution >= 0.6 is 0 Å². The van der Waals surface area contributed by atoms with Crippen molar-refractivity contribution < 1.29 is 18.8 Å². The third-order valence-corrected chi connectivity index (χ3v) is 5.74. The predicted octanol–water partition coefficient (Wildman–Crippen LogP) is 2.64. The Morgan fingerprint density at radius 2 is 2.12 bits per heavy atom. The second-order valence-electron chi connectivity index (χ2n) is 7.33. The van der Waals surface area contributed by atoms with Gasteiger partial charge in [0.2, 0.25) is 0 Å². The van der Waals surface area contributed by atoms with Gasteiger partial charge in [0, 0.05) is 32.5 Å². The molecule has 2 fully saturated rings. The highest BCUT2D eigenvalue weighted by Gasteiger charge is 2.45. The highest BCUT2D eigenvalue weighted by atomic mass is 16.5. The Hall–Kier alpha value is -1.99. The number of carbonyl (C=O) groups excluding carboxylic acids is 1. The number of fused-ring (bicyclic) bond motifs is 1. The lowest BCUT2D eigenvalue weighted by Crippen LogP contribution is -2.56. The van der Waals surface area contributed by atoms with Crippen molar-refractivity contribution in [3.63, 3.8) is 0 Å². The van der Waals surface area contributed by atoms with Gasteiger partial charge in [-0.25, -0.2) is 4.98 Å². The number of amides is 1. The third-order valence-electron chi connectivity index (χ3n) is 5.74. The lowest BCUT2D eigenvalue weighted by atomic mass is 9.81. The molecule has 0 aromatic carbocycles. The summed E-state index contributed by atoms with van der Waals surface area (Å²) in [6, 6.07) is 1.83. The fourth-order valence-corrected chi connectivity index (χ4v) is 4.34. The Morgan fingerprint density at radius 1 is 1.35 bits per heavy atom. The van der Waals surface area contributed by atoms with Crippen LogP contribution < -0.4 is 0 Å². The Kier molecular flexibility index (Phi) is 4.44. The van der Waals surface area contributed by atoms with Crippen LogP contribution in [0.1, 0.15) is 47.4 Å². The van der Waals surface area contributed by atoms with Crippen LogP contribution in [0.2, 0.25) is 0 Å². The zero-order valence-corrected chi connectivity index (χ0v) is 15.6. The van der Waals surface area contributed by atoms with Gasteiger partial charge < -0.3 is 18.9 Å². The van der Waals surface area contributed by atoms with Crippen LogP contribution in [0.3, 0.4) is 0 Å². The van der Waals surface area contributed by atoms with Crippen molar-refractivity contribution >= 4 is 17.0 Å². The molecule has 0 radical (unpaired) electrons. The van der Waals surface area contributed by atoms with Gasteiger partial charge in [0.15, 0.2) is 0 Å². The van der Waals surface area contributed by atoms with Crippen LogP contribution in [0.4, 0.5) is 0 Å². The van der Waals surface area contributed by atoms with Gasteiger partial charge in [-0.05, 0) is 45.6 Å². The van der Waals surface area contributed by atoms with Crippen molar-refractivity contribution in [2.75, 3.05) is 26.8 Å². The molecule has 0 bridgehead atoms. The minimum atomic E-state index is -0.250. The highest BCUT2D eigenvalue weighted by Crippen LogP contribution is 2.37. The maximum atomic E-state index is 13.2. The van der Waals surface area contributed by atoms with E-state index in [1.807, 2.05) is 24.8 Å². The van der Waals surface area contributed by atoms with Crippen LogP contribution in [0.5, 0.6) is 0 Å². The first kappa shape index (κ1) is 17.4. The van der Waals surface area contributed by atoms with Crippen LogP contribution in [0.15, 0.2) is 10.6 Å². The second kappa shape index (κ2) is 6.63. The van der Waals surface area contributed by atoms with E-state index in [2.05, 4.69) is 10.1 Å². The number of likely N-dealkylation sites (tertiary alicyclic amines) is 1. The standard InChI is InChI=1S/C19H25N3O4/c1-12-11-14(16-13(2)21-26-17(16)20-12)18(23)22-8-6-19(7-9-22)15(24-3)5-4-10-25-19/h11,15H,4-10H2,1-3H3/t15-/m0/s1. The molecule has 2 aromatic heterocycles. The molecule has 140 valence electrons. The Bertz CT molecular complexity index is 824. The smallest absolute Gasteiger partial charge is 0.258 e. The third kappa shape index (κ3) is 2.79. The summed E-state index contributed by atoms with van der Waals surface area (Å²) in [6.07, 6.45) is 3.77. The number of aromatic nitrogens is 2. The van der Waals surface area contributed by atoms with Crippen molar-refractivity contribution in [3.05, 3.63) is 23.0 Å². The fourth-order valence-electron chi connectivity index (χ4n) is 4.34. The Balaban J connectivity index is 1.57. The van der Waals surface area contributed by atoms with Crippen LogP contribution in [0.25, 0.3) is 11.1 Å². The fraction of sp³-hybridized carbons (Fsp3) is 0.632. The first-order valence-electron chi connectivity index (χ1n) is 9.24. The molecule has 1 spiro atoms. The maximum Gasteiger partial charge on any atom is 0.258 e. The molecule has 2 aliphatic heterocycles. The van der Waals surface area contributed by atoms with Gasteiger partial charge in [-0.3, -0.25) is 4.79 Å². The van der Waals surface area contributed by atoms with Crippen LogP contribution in [-0.4, -0.2) is 59.5 Å². The van der Waals surface area contributed by atoms with Gasteiger partial charge in [-0.15, -0.1) is 0 Å². The molecule has 4 heterocycles. The average Bonchev–Trinajstić information content (AvgIpc) is 3.02. The van der Waals surface area contributed by atoms with E-state index in [1.165, 1.54) is 0 Å². The lowest BCUT2D eigenvalue weighted by Gasteiger charge is -2.48. The largest absolute Gasteiger partial charge is 0.378 e. The normalized spacial score (nSPS) is 22.9. The monoisotopic (exact) mass is 359 g/mol. The first-order valence-corrected chi connectivity index (χ1v) is 9.24. The minimum absolute atomic E-state index is 0.00595. The molecule has 2 aliphatic rings. The highest BCUT2D eigenvalue weighted by molar-refractivity contribution is 6.06. The number of ether oxygens (including phenoxy) is 2. The van der Waals surface area contributed by atoms with Crippen molar-refractivity contribution in [1.82, 2.24) is 15.0 Å². The molecule has 0 N–H and O–H groups in total. The first-order chi connectivity index (χ1) is 12.5. The molecule has 1 amide bonds. The van der Waals surface area contributed by atoms with E-state index in [0.29, 0.717) is 35.4 Å². The summed E-state index contributed by atoms with van der Waals surface area (Å²) in [5.41, 5.74) is 2.24. The molecule has 2 saturated heterocycles. The molecule has 4 rings (SSSR count). The molecular formula is C19H25N3O4. The molecule has 2 aromatic rings.